The molecule has 1 fully saturated rings. The molecule has 0 bridgehead atoms. The second-order valence-electron chi connectivity index (χ2n) is 5.55. The smallest absolute Gasteiger partial charge is 0.410 e. The van der Waals surface area contributed by atoms with Gasteiger partial charge in [-0.15, -0.1) is 0 Å². The first-order chi connectivity index (χ1) is 7.76. The van der Waals surface area contributed by atoms with E-state index in [2.05, 4.69) is 0 Å². The van der Waals surface area contributed by atoms with Crippen LogP contribution in [-0.2, 0) is 9.47 Å². The van der Waals surface area contributed by atoms with Gasteiger partial charge in [-0.2, -0.15) is 0 Å². The number of carbonyl (C=O) groups excluding carboxylic acids is 1. The maximum absolute atomic E-state index is 14.0. The number of ether oxygens (including phenoxy) is 2. The lowest BCUT2D eigenvalue weighted by molar-refractivity contribution is -0.0222. The minimum Gasteiger partial charge on any atom is -0.444 e. The minimum atomic E-state index is -1.30. The van der Waals surface area contributed by atoms with Crippen molar-refractivity contribution in [3.05, 3.63) is 0 Å². The molecule has 1 rings (SSSR count). The molecule has 1 saturated heterocycles. The first-order valence-electron chi connectivity index (χ1n) is 5.92. The Morgan fingerprint density at radius 2 is 1.88 bits per heavy atom. The van der Waals surface area contributed by atoms with E-state index >= 15 is 0 Å². The highest BCUT2D eigenvalue weighted by Gasteiger charge is 2.37. The molecule has 0 radical (unpaired) electrons. The molecule has 1 aliphatic rings. The molecule has 0 unspecified atom stereocenters. The molecule has 0 aromatic heterocycles. The van der Waals surface area contributed by atoms with E-state index < -0.39 is 11.3 Å². The van der Waals surface area contributed by atoms with Crippen LogP contribution in [0.4, 0.5) is 9.18 Å². The number of alkyl halides is 1. The molecule has 5 heteroatoms. The number of hydrogen-bond acceptors (Lipinski definition) is 3. The van der Waals surface area contributed by atoms with E-state index in [0.29, 0.717) is 25.9 Å². The number of piperidine rings is 1. The van der Waals surface area contributed by atoms with Crippen LogP contribution < -0.4 is 0 Å². The quantitative estimate of drug-likeness (QED) is 0.752. The van der Waals surface area contributed by atoms with Crippen molar-refractivity contribution in [1.29, 1.82) is 0 Å². The Morgan fingerprint density at radius 1 is 1.35 bits per heavy atom. The van der Waals surface area contributed by atoms with Crippen molar-refractivity contribution in [3.63, 3.8) is 0 Å². The Bertz CT molecular complexity index is 267. The molecule has 0 atom stereocenters. The minimum absolute atomic E-state index is 0.0924. The van der Waals surface area contributed by atoms with Gasteiger partial charge in [0.1, 0.15) is 11.3 Å². The number of rotatable bonds is 2. The SMILES string of the molecule is COCC1(F)CCN(C(=O)OC(C)(C)C)CC1. The lowest BCUT2D eigenvalue weighted by Crippen LogP contribution is -2.47. The van der Waals surface area contributed by atoms with Gasteiger partial charge in [0.25, 0.3) is 0 Å². The average molecular weight is 247 g/mol. The number of hydrogen-bond donors (Lipinski definition) is 0. The van der Waals surface area contributed by atoms with Gasteiger partial charge >= 0.3 is 6.09 Å². The topological polar surface area (TPSA) is 38.8 Å². The zero-order valence-electron chi connectivity index (χ0n) is 11.1. The maximum atomic E-state index is 14.0. The lowest BCUT2D eigenvalue weighted by atomic mass is 9.94. The van der Waals surface area contributed by atoms with Crippen LogP contribution in [0.3, 0.4) is 0 Å². The van der Waals surface area contributed by atoms with Crippen LogP contribution in [0.1, 0.15) is 33.6 Å². The van der Waals surface area contributed by atoms with E-state index in [1.165, 1.54) is 7.11 Å². The zero-order valence-corrected chi connectivity index (χ0v) is 11.1. The first-order valence-corrected chi connectivity index (χ1v) is 5.92. The lowest BCUT2D eigenvalue weighted by Gasteiger charge is -2.36. The highest BCUT2D eigenvalue weighted by Crippen LogP contribution is 2.27. The van der Waals surface area contributed by atoms with Crippen LogP contribution in [0, 0.1) is 0 Å². The van der Waals surface area contributed by atoms with Crippen LogP contribution in [0.5, 0.6) is 0 Å². The van der Waals surface area contributed by atoms with Crippen molar-refractivity contribution in [3.8, 4) is 0 Å². The number of likely N-dealkylation sites (tertiary alicyclic amines) is 1. The Morgan fingerprint density at radius 3 is 2.29 bits per heavy atom. The fraction of sp³-hybridized carbons (Fsp3) is 0.917. The Labute approximate surface area is 102 Å². The molecule has 1 amide bonds. The predicted octanol–water partition coefficient (Wildman–Crippen LogP) is 2.37. The normalized spacial score (nSPS) is 20.2. The summed E-state index contributed by atoms with van der Waals surface area (Å²) in [7, 11) is 1.49. The van der Waals surface area contributed by atoms with E-state index in [-0.39, 0.29) is 12.7 Å². The van der Waals surface area contributed by atoms with Crippen molar-refractivity contribution in [2.45, 2.75) is 44.9 Å². The first kappa shape index (κ1) is 14.2. The third kappa shape index (κ3) is 4.50. The van der Waals surface area contributed by atoms with E-state index in [1.807, 2.05) is 20.8 Å². The molecule has 0 aromatic rings. The summed E-state index contributed by atoms with van der Waals surface area (Å²) in [5.74, 6) is 0. The number of nitrogens with zero attached hydrogens (tertiary/aromatic N) is 1. The van der Waals surface area contributed by atoms with Crippen LogP contribution in [0.25, 0.3) is 0 Å². The molecular weight excluding hydrogens is 225 g/mol. The van der Waals surface area contributed by atoms with Gasteiger partial charge in [-0.25, -0.2) is 9.18 Å². The van der Waals surface area contributed by atoms with Crippen molar-refractivity contribution >= 4 is 6.09 Å². The van der Waals surface area contributed by atoms with Crippen LogP contribution in [0.15, 0.2) is 0 Å². The van der Waals surface area contributed by atoms with Crippen molar-refractivity contribution < 1.29 is 18.7 Å². The molecule has 1 heterocycles. The zero-order chi connectivity index (χ0) is 13.1. The standard InChI is InChI=1S/C12H22FNO3/c1-11(2,3)17-10(15)14-7-5-12(13,6-8-14)9-16-4/h5-9H2,1-4H3. The van der Waals surface area contributed by atoms with Crippen LogP contribution in [0.2, 0.25) is 0 Å². The van der Waals surface area contributed by atoms with Gasteiger partial charge in [-0.3, -0.25) is 0 Å². The second kappa shape index (κ2) is 5.21. The molecule has 0 aliphatic carbocycles. The van der Waals surface area contributed by atoms with E-state index in [9.17, 15) is 9.18 Å². The molecular formula is C12H22FNO3. The summed E-state index contributed by atoms with van der Waals surface area (Å²) in [6.07, 6.45) is 0.247. The van der Waals surface area contributed by atoms with Gasteiger partial charge < -0.3 is 14.4 Å². The largest absolute Gasteiger partial charge is 0.444 e. The van der Waals surface area contributed by atoms with Crippen LogP contribution in [-0.4, -0.2) is 49.1 Å². The van der Waals surface area contributed by atoms with Crippen molar-refractivity contribution in [2.75, 3.05) is 26.8 Å². The van der Waals surface area contributed by atoms with Crippen molar-refractivity contribution in [1.82, 2.24) is 4.90 Å². The molecule has 4 nitrogen and oxygen atoms in total. The van der Waals surface area contributed by atoms with Gasteiger partial charge in [0.15, 0.2) is 0 Å². The van der Waals surface area contributed by atoms with Gasteiger partial charge in [0.2, 0.25) is 0 Å². The highest BCUT2D eigenvalue weighted by atomic mass is 19.1. The number of carbonyl (C=O) groups is 1. The number of amides is 1. The Hall–Kier alpha value is -0.840. The molecule has 1 aliphatic heterocycles. The third-order valence-electron chi connectivity index (χ3n) is 2.71. The highest BCUT2D eigenvalue weighted by molar-refractivity contribution is 5.68. The van der Waals surface area contributed by atoms with Crippen molar-refractivity contribution in [2.24, 2.45) is 0 Å². The summed E-state index contributed by atoms with van der Waals surface area (Å²) in [6, 6.07) is 0. The monoisotopic (exact) mass is 247 g/mol. The second-order valence-corrected chi connectivity index (χ2v) is 5.55. The van der Waals surface area contributed by atoms with Gasteiger partial charge in [0.05, 0.1) is 6.61 Å². The van der Waals surface area contributed by atoms with Gasteiger partial charge in [0, 0.05) is 33.0 Å². The van der Waals surface area contributed by atoms with Gasteiger partial charge in [-0.1, -0.05) is 0 Å². The summed E-state index contributed by atoms with van der Waals surface area (Å²) < 4.78 is 24.1. The Balaban J connectivity index is 2.44. The summed E-state index contributed by atoms with van der Waals surface area (Å²) in [5.41, 5.74) is -1.80. The summed E-state index contributed by atoms with van der Waals surface area (Å²) in [4.78, 5) is 13.3. The molecule has 17 heavy (non-hydrogen) atoms. The summed E-state index contributed by atoms with van der Waals surface area (Å²) in [5, 5.41) is 0. The molecule has 0 aromatic carbocycles. The van der Waals surface area contributed by atoms with E-state index in [0.717, 1.165) is 0 Å². The summed E-state index contributed by atoms with van der Waals surface area (Å²) >= 11 is 0. The fourth-order valence-electron chi connectivity index (χ4n) is 1.82. The van der Waals surface area contributed by atoms with E-state index in [4.69, 9.17) is 9.47 Å². The average Bonchev–Trinajstić information content (AvgIpc) is 2.15. The van der Waals surface area contributed by atoms with E-state index in [1.54, 1.807) is 4.90 Å². The number of halogens is 1. The molecule has 0 N–H and O–H groups in total. The molecule has 100 valence electrons. The third-order valence-corrected chi connectivity index (χ3v) is 2.71. The Kier molecular flexibility index (Phi) is 4.36. The van der Waals surface area contributed by atoms with Gasteiger partial charge in [-0.05, 0) is 20.8 Å². The van der Waals surface area contributed by atoms with Crippen LogP contribution >= 0.6 is 0 Å². The maximum Gasteiger partial charge on any atom is 0.410 e. The summed E-state index contributed by atoms with van der Waals surface area (Å²) in [6.45, 7) is 6.32. The molecule has 0 saturated carbocycles. The predicted molar refractivity (Wildman–Crippen MR) is 62.8 cm³/mol. The molecule has 0 spiro atoms. The fourth-order valence-corrected chi connectivity index (χ4v) is 1.82. The number of methoxy groups -OCH3 is 1.